The largest absolute Gasteiger partial charge is 0.507 e. The molecule has 4 rings (SSSR count). The number of Topliss-reactive ketones (excluding diaryl/α,β-unsaturated/α-hetero) is 1. The van der Waals surface area contributed by atoms with Crippen molar-refractivity contribution in [1.29, 1.82) is 0 Å². The monoisotopic (exact) mass is 459 g/mol. The number of rotatable bonds is 8. The number of carbonyl (C=O) groups excluding carboxylic acids is 2. The Bertz CT molecular complexity index is 1200. The lowest BCUT2D eigenvalue weighted by atomic mass is 9.95. The Morgan fingerprint density at radius 2 is 1.74 bits per heavy atom. The maximum absolute atomic E-state index is 13.4. The van der Waals surface area contributed by atoms with Crippen molar-refractivity contribution in [3.63, 3.8) is 0 Å². The number of likely N-dealkylation sites (tertiary alicyclic amines) is 1. The normalized spacial score (nSPS) is 17.2. The first-order valence-electron chi connectivity index (χ1n) is 11.3. The van der Waals surface area contributed by atoms with E-state index >= 15 is 0 Å². The van der Waals surface area contributed by atoms with Crippen molar-refractivity contribution in [2.75, 3.05) is 13.2 Å². The van der Waals surface area contributed by atoms with Gasteiger partial charge in [-0.25, -0.2) is 4.39 Å². The number of benzene rings is 3. The van der Waals surface area contributed by atoms with E-state index in [-0.39, 0.29) is 16.9 Å². The number of ether oxygens (including phenoxy) is 1. The number of carbonyl (C=O) groups is 2. The number of halogens is 1. The van der Waals surface area contributed by atoms with Crippen molar-refractivity contribution in [2.45, 2.75) is 25.8 Å². The van der Waals surface area contributed by atoms with Gasteiger partial charge in [0, 0.05) is 12.1 Å². The van der Waals surface area contributed by atoms with Gasteiger partial charge in [0.1, 0.15) is 17.3 Å². The molecule has 3 aromatic rings. The molecule has 1 atom stereocenters. The summed E-state index contributed by atoms with van der Waals surface area (Å²) in [5.74, 6) is -1.61. The van der Waals surface area contributed by atoms with E-state index < -0.39 is 23.5 Å². The molecule has 0 aromatic heterocycles. The molecule has 6 heteroatoms. The topological polar surface area (TPSA) is 66.8 Å². The molecule has 1 saturated heterocycles. The zero-order chi connectivity index (χ0) is 24.1. The van der Waals surface area contributed by atoms with Gasteiger partial charge in [-0.15, -0.1) is 0 Å². The zero-order valence-corrected chi connectivity index (χ0v) is 18.9. The number of ketones is 1. The number of hydrogen-bond acceptors (Lipinski definition) is 4. The first-order chi connectivity index (χ1) is 16.5. The number of hydrogen-bond donors (Lipinski definition) is 1. The standard InChI is InChI=1S/C28H26FNO4/c1-2-17-34-23-10-6-9-21(18-23)25-24(26(31)20-11-13-22(29)14-12-20)27(32)28(33)30(25)16-15-19-7-4-3-5-8-19/h3-14,18,25,31H,2,15-17H2,1H3/b26-24+. The van der Waals surface area contributed by atoms with Gasteiger partial charge in [0.25, 0.3) is 11.7 Å². The highest BCUT2D eigenvalue weighted by Gasteiger charge is 2.45. The van der Waals surface area contributed by atoms with E-state index in [4.69, 9.17) is 4.74 Å². The lowest BCUT2D eigenvalue weighted by Crippen LogP contribution is -2.31. The summed E-state index contributed by atoms with van der Waals surface area (Å²) >= 11 is 0. The fraction of sp³-hybridized carbons (Fsp3) is 0.214. The third-order valence-electron chi connectivity index (χ3n) is 5.79. The number of amides is 1. The predicted octanol–water partition coefficient (Wildman–Crippen LogP) is 5.28. The summed E-state index contributed by atoms with van der Waals surface area (Å²) in [5.41, 5.74) is 1.94. The van der Waals surface area contributed by atoms with Gasteiger partial charge < -0.3 is 14.7 Å². The average molecular weight is 460 g/mol. The van der Waals surface area contributed by atoms with Gasteiger partial charge in [0.15, 0.2) is 0 Å². The van der Waals surface area contributed by atoms with Crippen LogP contribution in [0.2, 0.25) is 0 Å². The van der Waals surface area contributed by atoms with Crippen molar-refractivity contribution in [3.8, 4) is 5.75 Å². The number of nitrogens with zero attached hydrogens (tertiary/aromatic N) is 1. The number of aliphatic hydroxyl groups is 1. The summed E-state index contributed by atoms with van der Waals surface area (Å²) in [6.07, 6.45) is 1.39. The molecule has 1 N–H and O–H groups in total. The fourth-order valence-corrected chi connectivity index (χ4v) is 4.11. The molecule has 3 aromatic carbocycles. The Morgan fingerprint density at radius 3 is 2.44 bits per heavy atom. The average Bonchev–Trinajstić information content (AvgIpc) is 3.12. The van der Waals surface area contributed by atoms with Crippen molar-refractivity contribution in [2.24, 2.45) is 0 Å². The van der Waals surface area contributed by atoms with Crippen LogP contribution in [0.4, 0.5) is 4.39 Å². The van der Waals surface area contributed by atoms with Gasteiger partial charge >= 0.3 is 0 Å². The van der Waals surface area contributed by atoms with E-state index in [9.17, 15) is 19.1 Å². The molecule has 174 valence electrons. The lowest BCUT2D eigenvalue weighted by Gasteiger charge is -2.26. The second-order valence-corrected chi connectivity index (χ2v) is 8.16. The van der Waals surface area contributed by atoms with Crippen molar-refractivity contribution in [3.05, 3.63) is 107 Å². The summed E-state index contributed by atoms with van der Waals surface area (Å²) in [6, 6.07) is 21.3. The third kappa shape index (κ3) is 4.86. The highest BCUT2D eigenvalue weighted by Crippen LogP contribution is 2.40. The molecule has 1 fully saturated rings. The SMILES string of the molecule is CCCOc1cccc(C2/C(=C(\O)c3ccc(F)cc3)C(=O)C(=O)N2CCc2ccccc2)c1. The molecule has 0 radical (unpaired) electrons. The minimum atomic E-state index is -0.793. The highest BCUT2D eigenvalue weighted by atomic mass is 19.1. The lowest BCUT2D eigenvalue weighted by molar-refractivity contribution is -0.139. The van der Waals surface area contributed by atoms with Crippen LogP contribution in [0.5, 0.6) is 5.75 Å². The molecular weight excluding hydrogens is 433 g/mol. The van der Waals surface area contributed by atoms with E-state index in [0.29, 0.717) is 30.9 Å². The molecule has 0 spiro atoms. The minimum Gasteiger partial charge on any atom is -0.507 e. The van der Waals surface area contributed by atoms with Crippen LogP contribution in [-0.2, 0) is 16.0 Å². The minimum absolute atomic E-state index is 0.0164. The van der Waals surface area contributed by atoms with E-state index in [2.05, 4.69) is 0 Å². The Morgan fingerprint density at radius 1 is 1.00 bits per heavy atom. The van der Waals surface area contributed by atoms with Gasteiger partial charge in [-0.05, 0) is 60.4 Å². The van der Waals surface area contributed by atoms with Crippen LogP contribution in [0, 0.1) is 5.82 Å². The van der Waals surface area contributed by atoms with E-state index in [0.717, 1.165) is 12.0 Å². The van der Waals surface area contributed by atoms with Gasteiger partial charge in [-0.2, -0.15) is 0 Å². The molecule has 1 heterocycles. The highest BCUT2D eigenvalue weighted by molar-refractivity contribution is 6.46. The molecular formula is C28H26FNO4. The Kier molecular flexibility index (Phi) is 7.07. The summed E-state index contributed by atoms with van der Waals surface area (Å²) in [7, 11) is 0. The molecule has 0 bridgehead atoms. The quantitative estimate of drug-likeness (QED) is 0.283. The van der Waals surface area contributed by atoms with Gasteiger partial charge in [0.05, 0.1) is 18.2 Å². The van der Waals surface area contributed by atoms with E-state index in [1.807, 2.05) is 49.4 Å². The van der Waals surface area contributed by atoms with Gasteiger partial charge in [-0.3, -0.25) is 9.59 Å². The molecule has 0 aliphatic carbocycles. The smallest absolute Gasteiger partial charge is 0.295 e. The summed E-state index contributed by atoms with van der Waals surface area (Å²) < 4.78 is 19.2. The second kappa shape index (κ2) is 10.3. The summed E-state index contributed by atoms with van der Waals surface area (Å²) in [5, 5.41) is 11.1. The third-order valence-corrected chi connectivity index (χ3v) is 5.79. The molecule has 1 aliphatic rings. The van der Waals surface area contributed by atoms with E-state index in [1.54, 1.807) is 12.1 Å². The molecule has 5 nitrogen and oxygen atoms in total. The van der Waals surface area contributed by atoms with Crippen LogP contribution in [-0.4, -0.2) is 34.8 Å². The fourth-order valence-electron chi connectivity index (χ4n) is 4.11. The Labute approximate surface area is 198 Å². The molecule has 1 unspecified atom stereocenters. The van der Waals surface area contributed by atoms with Gasteiger partial charge in [0.2, 0.25) is 0 Å². The van der Waals surface area contributed by atoms with E-state index in [1.165, 1.54) is 29.2 Å². The summed E-state index contributed by atoms with van der Waals surface area (Å²) in [6.45, 7) is 2.83. The molecule has 1 amide bonds. The maximum Gasteiger partial charge on any atom is 0.295 e. The number of aliphatic hydroxyl groups excluding tert-OH is 1. The Hall–Kier alpha value is -3.93. The zero-order valence-electron chi connectivity index (χ0n) is 18.9. The predicted molar refractivity (Wildman–Crippen MR) is 128 cm³/mol. The first kappa shape index (κ1) is 23.2. The van der Waals surface area contributed by atoms with Crippen LogP contribution in [0.15, 0.2) is 84.4 Å². The van der Waals surface area contributed by atoms with Crippen molar-refractivity contribution >= 4 is 17.4 Å². The van der Waals surface area contributed by atoms with Crippen LogP contribution >= 0.6 is 0 Å². The summed E-state index contributed by atoms with van der Waals surface area (Å²) in [4.78, 5) is 27.7. The Balaban J connectivity index is 1.77. The second-order valence-electron chi connectivity index (χ2n) is 8.16. The molecule has 34 heavy (non-hydrogen) atoms. The first-order valence-corrected chi connectivity index (χ1v) is 11.3. The molecule has 0 saturated carbocycles. The molecule has 1 aliphatic heterocycles. The van der Waals surface area contributed by atoms with Crippen LogP contribution < -0.4 is 4.74 Å². The van der Waals surface area contributed by atoms with Crippen LogP contribution in [0.1, 0.15) is 36.1 Å². The van der Waals surface area contributed by atoms with Crippen LogP contribution in [0.3, 0.4) is 0 Å². The van der Waals surface area contributed by atoms with Crippen molar-refractivity contribution < 1.29 is 23.8 Å². The maximum atomic E-state index is 13.4. The van der Waals surface area contributed by atoms with Crippen molar-refractivity contribution in [1.82, 2.24) is 4.90 Å². The van der Waals surface area contributed by atoms with Crippen LogP contribution in [0.25, 0.3) is 5.76 Å². The van der Waals surface area contributed by atoms with Gasteiger partial charge in [-0.1, -0.05) is 49.4 Å².